The molecule has 0 unspecified atom stereocenters. The molecule has 0 saturated carbocycles. The molecule has 0 aliphatic carbocycles. The number of nitrogens with zero attached hydrogens (tertiary/aromatic N) is 6. The molecule has 9 heteroatoms. The van der Waals surface area contributed by atoms with Crippen LogP contribution in [0.25, 0.3) is 11.0 Å². The van der Waals surface area contributed by atoms with Crippen molar-refractivity contribution in [2.24, 2.45) is 7.05 Å². The maximum Gasteiger partial charge on any atom is 0.256 e. The molecule has 3 heterocycles. The first kappa shape index (κ1) is 19.6. The molecule has 2 N–H and O–H groups in total. The summed E-state index contributed by atoms with van der Waals surface area (Å²) in [6.45, 7) is 8.19. The van der Waals surface area contributed by atoms with E-state index in [1.165, 1.54) is 6.33 Å². The smallest absolute Gasteiger partial charge is 0.256 e. The molecule has 0 spiro atoms. The lowest BCUT2D eigenvalue weighted by Crippen LogP contribution is -2.23. The predicted molar refractivity (Wildman–Crippen MR) is 116 cm³/mol. The Kier molecular flexibility index (Phi) is 4.73. The molecular formula is C21H24N8O. The van der Waals surface area contributed by atoms with Gasteiger partial charge in [-0.05, 0) is 45.4 Å². The summed E-state index contributed by atoms with van der Waals surface area (Å²) in [7, 11) is 1.77. The number of anilines is 3. The molecular weight excluding hydrogens is 380 g/mol. The molecule has 0 saturated heterocycles. The average molecular weight is 404 g/mol. The van der Waals surface area contributed by atoms with Gasteiger partial charge >= 0.3 is 0 Å². The molecule has 3 aromatic heterocycles. The molecule has 0 radical (unpaired) electrons. The third kappa shape index (κ3) is 3.61. The lowest BCUT2D eigenvalue weighted by atomic mass is 10.1. The van der Waals surface area contributed by atoms with Crippen LogP contribution in [-0.4, -0.2) is 35.4 Å². The molecule has 154 valence electrons. The van der Waals surface area contributed by atoms with Crippen LogP contribution in [0.2, 0.25) is 0 Å². The van der Waals surface area contributed by atoms with E-state index in [1.807, 2.05) is 23.7 Å². The van der Waals surface area contributed by atoms with Gasteiger partial charge in [0.05, 0.1) is 23.3 Å². The predicted octanol–water partition coefficient (Wildman–Crippen LogP) is 3.62. The molecule has 4 aromatic rings. The Morgan fingerprint density at radius 3 is 2.60 bits per heavy atom. The average Bonchev–Trinajstić information content (AvgIpc) is 3.30. The number of hydrogen-bond donors (Lipinski definition) is 2. The number of nitrogens with one attached hydrogen (secondary N) is 2. The van der Waals surface area contributed by atoms with E-state index < -0.39 is 0 Å². The van der Waals surface area contributed by atoms with Crippen molar-refractivity contribution < 1.29 is 4.79 Å². The van der Waals surface area contributed by atoms with E-state index in [2.05, 4.69) is 51.6 Å². The SMILES string of the molecule is Cc1ccc(C(=O)Nc2ccnn2C)cc1Nc1ncnc2c1cnn2C(C)(C)C. The summed E-state index contributed by atoms with van der Waals surface area (Å²) >= 11 is 0. The number of carbonyl (C=O) groups is 1. The Morgan fingerprint density at radius 1 is 1.10 bits per heavy atom. The highest BCUT2D eigenvalue weighted by atomic mass is 16.1. The molecule has 0 aliphatic heterocycles. The fraction of sp³-hybridized carbons (Fsp3) is 0.286. The Balaban J connectivity index is 1.65. The normalized spacial score (nSPS) is 11.6. The van der Waals surface area contributed by atoms with Crippen molar-refractivity contribution in [1.29, 1.82) is 0 Å². The van der Waals surface area contributed by atoms with E-state index in [1.54, 1.807) is 36.3 Å². The van der Waals surface area contributed by atoms with Gasteiger partial charge in [0.15, 0.2) is 5.65 Å². The second-order valence-corrected chi connectivity index (χ2v) is 8.14. The highest BCUT2D eigenvalue weighted by Gasteiger charge is 2.20. The van der Waals surface area contributed by atoms with E-state index in [-0.39, 0.29) is 11.4 Å². The standard InChI is InChI=1S/C21H24N8O/c1-13-6-7-14(20(30)27-17-8-9-24-28(17)5)10-16(13)26-18-15-11-25-29(21(2,3)4)19(15)23-12-22-18/h6-12H,1-5H3,(H,27,30)(H,22,23,26). The molecule has 0 fully saturated rings. The lowest BCUT2D eigenvalue weighted by molar-refractivity contribution is 0.102. The Labute approximate surface area is 174 Å². The summed E-state index contributed by atoms with van der Waals surface area (Å²) in [5.74, 6) is 1.06. The zero-order chi connectivity index (χ0) is 21.5. The molecule has 0 aliphatic rings. The Bertz CT molecular complexity index is 1230. The number of hydrogen-bond acceptors (Lipinski definition) is 6. The third-order valence-electron chi connectivity index (χ3n) is 4.82. The lowest BCUT2D eigenvalue weighted by Gasteiger charge is -2.19. The van der Waals surface area contributed by atoms with Gasteiger partial charge in [0, 0.05) is 24.4 Å². The van der Waals surface area contributed by atoms with Crippen LogP contribution in [-0.2, 0) is 12.6 Å². The van der Waals surface area contributed by atoms with Gasteiger partial charge in [0.25, 0.3) is 5.91 Å². The molecule has 0 atom stereocenters. The highest BCUT2D eigenvalue weighted by molar-refractivity contribution is 6.04. The van der Waals surface area contributed by atoms with Gasteiger partial charge in [-0.15, -0.1) is 0 Å². The summed E-state index contributed by atoms with van der Waals surface area (Å²) in [6.07, 6.45) is 4.91. The van der Waals surface area contributed by atoms with Crippen LogP contribution in [0.1, 0.15) is 36.7 Å². The second kappa shape index (κ2) is 7.25. The number of rotatable bonds is 4. The highest BCUT2D eigenvalue weighted by Crippen LogP contribution is 2.28. The van der Waals surface area contributed by atoms with E-state index in [0.717, 1.165) is 22.3 Å². The maximum absolute atomic E-state index is 12.7. The number of aryl methyl sites for hydroxylation is 2. The molecule has 0 bridgehead atoms. The molecule has 4 rings (SSSR count). The van der Waals surface area contributed by atoms with Gasteiger partial charge in [-0.2, -0.15) is 10.2 Å². The molecule has 1 amide bonds. The van der Waals surface area contributed by atoms with Crippen LogP contribution in [0.4, 0.5) is 17.3 Å². The third-order valence-corrected chi connectivity index (χ3v) is 4.82. The largest absolute Gasteiger partial charge is 0.339 e. The van der Waals surface area contributed by atoms with Gasteiger partial charge in [0.1, 0.15) is 18.0 Å². The summed E-state index contributed by atoms with van der Waals surface area (Å²) in [4.78, 5) is 21.5. The minimum Gasteiger partial charge on any atom is -0.339 e. The Hall–Kier alpha value is -3.75. The number of amides is 1. The molecule has 30 heavy (non-hydrogen) atoms. The van der Waals surface area contributed by atoms with Gasteiger partial charge in [0.2, 0.25) is 0 Å². The zero-order valence-corrected chi connectivity index (χ0v) is 17.6. The van der Waals surface area contributed by atoms with Gasteiger partial charge in [-0.25, -0.2) is 14.6 Å². The number of carbonyl (C=O) groups excluding carboxylic acids is 1. The van der Waals surface area contributed by atoms with Crippen molar-refractivity contribution in [2.75, 3.05) is 10.6 Å². The minimum absolute atomic E-state index is 0.201. The van der Waals surface area contributed by atoms with Crippen molar-refractivity contribution in [3.63, 3.8) is 0 Å². The van der Waals surface area contributed by atoms with Crippen LogP contribution in [0.15, 0.2) is 43.0 Å². The van der Waals surface area contributed by atoms with Crippen molar-refractivity contribution in [1.82, 2.24) is 29.5 Å². The van der Waals surface area contributed by atoms with Crippen molar-refractivity contribution in [2.45, 2.75) is 33.2 Å². The second-order valence-electron chi connectivity index (χ2n) is 8.14. The fourth-order valence-electron chi connectivity index (χ4n) is 3.15. The summed E-state index contributed by atoms with van der Waals surface area (Å²) < 4.78 is 3.48. The van der Waals surface area contributed by atoms with Crippen LogP contribution in [0, 0.1) is 6.92 Å². The van der Waals surface area contributed by atoms with Gasteiger partial charge < -0.3 is 10.6 Å². The van der Waals surface area contributed by atoms with Gasteiger partial charge in [-0.3, -0.25) is 9.48 Å². The van der Waals surface area contributed by atoms with Gasteiger partial charge in [-0.1, -0.05) is 6.07 Å². The van der Waals surface area contributed by atoms with E-state index in [4.69, 9.17) is 0 Å². The summed E-state index contributed by atoms with van der Waals surface area (Å²) in [6, 6.07) is 7.25. The summed E-state index contributed by atoms with van der Waals surface area (Å²) in [5.41, 5.74) is 2.86. The van der Waals surface area contributed by atoms with E-state index in [0.29, 0.717) is 17.2 Å². The van der Waals surface area contributed by atoms with Crippen molar-refractivity contribution in [3.8, 4) is 0 Å². The first-order chi connectivity index (χ1) is 14.2. The number of fused-ring (bicyclic) bond motifs is 1. The monoisotopic (exact) mass is 404 g/mol. The minimum atomic E-state index is -0.213. The van der Waals surface area contributed by atoms with Crippen molar-refractivity contribution >= 4 is 34.3 Å². The summed E-state index contributed by atoms with van der Waals surface area (Å²) in [5, 5.41) is 15.6. The van der Waals surface area contributed by atoms with Crippen LogP contribution >= 0.6 is 0 Å². The fourth-order valence-corrected chi connectivity index (χ4v) is 3.15. The van der Waals surface area contributed by atoms with Crippen LogP contribution in [0.5, 0.6) is 0 Å². The zero-order valence-electron chi connectivity index (χ0n) is 17.6. The topological polar surface area (TPSA) is 103 Å². The number of aromatic nitrogens is 6. The molecule has 9 nitrogen and oxygen atoms in total. The quantitative estimate of drug-likeness (QED) is 0.539. The van der Waals surface area contributed by atoms with Crippen LogP contribution < -0.4 is 10.6 Å². The van der Waals surface area contributed by atoms with E-state index in [9.17, 15) is 4.79 Å². The maximum atomic E-state index is 12.7. The molecule has 1 aromatic carbocycles. The Morgan fingerprint density at radius 2 is 1.90 bits per heavy atom. The van der Waals surface area contributed by atoms with Crippen molar-refractivity contribution in [3.05, 3.63) is 54.1 Å². The van der Waals surface area contributed by atoms with E-state index >= 15 is 0 Å². The van der Waals surface area contributed by atoms with Crippen LogP contribution in [0.3, 0.4) is 0 Å². The first-order valence-corrected chi connectivity index (χ1v) is 9.60. The number of benzene rings is 1. The first-order valence-electron chi connectivity index (χ1n) is 9.60.